The van der Waals surface area contributed by atoms with Gasteiger partial charge < -0.3 is 5.32 Å². The van der Waals surface area contributed by atoms with E-state index in [9.17, 15) is 0 Å². The van der Waals surface area contributed by atoms with E-state index in [2.05, 4.69) is 68.6 Å². The van der Waals surface area contributed by atoms with Crippen molar-refractivity contribution in [2.45, 2.75) is 33.9 Å². The quantitative estimate of drug-likeness (QED) is 0.853. The van der Waals surface area contributed by atoms with Crippen molar-refractivity contribution in [1.29, 1.82) is 0 Å². The molecule has 0 aliphatic rings. The summed E-state index contributed by atoms with van der Waals surface area (Å²) >= 11 is 0. The second-order valence-electron chi connectivity index (χ2n) is 5.03. The molecule has 0 fully saturated rings. The fraction of sp³-hybridized carbons (Fsp3) is 0.294. The zero-order valence-electron chi connectivity index (χ0n) is 11.5. The molecule has 2 aromatic rings. The molecule has 0 aliphatic heterocycles. The van der Waals surface area contributed by atoms with E-state index in [4.69, 9.17) is 0 Å². The number of hydrogen-bond donors (Lipinski definition) is 1. The third kappa shape index (κ3) is 3.44. The molecule has 2 rings (SSSR count). The van der Waals surface area contributed by atoms with Gasteiger partial charge in [-0.1, -0.05) is 53.6 Å². The average molecular weight is 239 g/mol. The fourth-order valence-electron chi connectivity index (χ4n) is 2.32. The first-order valence-corrected chi connectivity index (χ1v) is 6.47. The van der Waals surface area contributed by atoms with Gasteiger partial charge in [0.05, 0.1) is 0 Å². The standard InChI is InChI=1S/C17H21N/c1-13-8-14(2)10-16(9-13)11-18-12-17-7-5-4-6-15(17)3/h4-10,18H,11-12H2,1-3H3. The summed E-state index contributed by atoms with van der Waals surface area (Å²) in [5.74, 6) is 0. The first kappa shape index (κ1) is 12.8. The molecule has 0 spiro atoms. The maximum Gasteiger partial charge on any atom is 0.0211 e. The Kier molecular flexibility index (Phi) is 4.16. The third-order valence-corrected chi connectivity index (χ3v) is 3.19. The minimum Gasteiger partial charge on any atom is -0.309 e. The van der Waals surface area contributed by atoms with E-state index in [1.54, 1.807) is 0 Å². The van der Waals surface area contributed by atoms with E-state index in [1.807, 2.05) is 0 Å². The summed E-state index contributed by atoms with van der Waals surface area (Å²) in [7, 11) is 0. The van der Waals surface area contributed by atoms with Crippen LogP contribution in [0, 0.1) is 20.8 Å². The van der Waals surface area contributed by atoms with Gasteiger partial charge in [0, 0.05) is 13.1 Å². The zero-order valence-corrected chi connectivity index (χ0v) is 11.5. The van der Waals surface area contributed by atoms with E-state index >= 15 is 0 Å². The van der Waals surface area contributed by atoms with Crippen molar-refractivity contribution in [3.63, 3.8) is 0 Å². The summed E-state index contributed by atoms with van der Waals surface area (Å²) in [5.41, 5.74) is 6.76. The van der Waals surface area contributed by atoms with E-state index in [0.717, 1.165) is 13.1 Å². The number of rotatable bonds is 4. The van der Waals surface area contributed by atoms with Crippen LogP contribution in [0.4, 0.5) is 0 Å². The van der Waals surface area contributed by atoms with Crippen LogP contribution in [0.3, 0.4) is 0 Å². The van der Waals surface area contributed by atoms with Crippen LogP contribution < -0.4 is 5.32 Å². The maximum absolute atomic E-state index is 3.51. The van der Waals surface area contributed by atoms with Gasteiger partial charge in [0.15, 0.2) is 0 Å². The molecule has 1 nitrogen and oxygen atoms in total. The summed E-state index contributed by atoms with van der Waals surface area (Å²) in [5, 5.41) is 3.51. The third-order valence-electron chi connectivity index (χ3n) is 3.19. The molecule has 1 N–H and O–H groups in total. The lowest BCUT2D eigenvalue weighted by Crippen LogP contribution is -2.13. The first-order valence-electron chi connectivity index (χ1n) is 6.47. The largest absolute Gasteiger partial charge is 0.309 e. The molecule has 0 radical (unpaired) electrons. The van der Waals surface area contributed by atoms with Crippen molar-refractivity contribution in [2.75, 3.05) is 0 Å². The summed E-state index contributed by atoms with van der Waals surface area (Å²) in [6.07, 6.45) is 0. The highest BCUT2D eigenvalue weighted by atomic mass is 14.8. The van der Waals surface area contributed by atoms with Crippen LogP contribution in [0.5, 0.6) is 0 Å². The van der Waals surface area contributed by atoms with Crippen LogP contribution in [-0.2, 0) is 13.1 Å². The molecule has 1 heteroatoms. The fourth-order valence-corrected chi connectivity index (χ4v) is 2.32. The minimum atomic E-state index is 0.927. The minimum absolute atomic E-state index is 0.927. The molecule has 94 valence electrons. The molecule has 0 aromatic heterocycles. The van der Waals surface area contributed by atoms with Crippen molar-refractivity contribution >= 4 is 0 Å². The predicted octanol–water partition coefficient (Wildman–Crippen LogP) is 3.90. The Labute approximate surface area is 110 Å². The second kappa shape index (κ2) is 5.83. The molecular formula is C17H21N. The lowest BCUT2D eigenvalue weighted by atomic mass is 10.1. The highest BCUT2D eigenvalue weighted by molar-refractivity contribution is 5.29. The Balaban J connectivity index is 1.94. The molecule has 0 heterocycles. The van der Waals surface area contributed by atoms with E-state index in [1.165, 1.54) is 27.8 Å². The van der Waals surface area contributed by atoms with Crippen molar-refractivity contribution in [1.82, 2.24) is 5.32 Å². The van der Waals surface area contributed by atoms with Gasteiger partial charge in [0.1, 0.15) is 0 Å². The van der Waals surface area contributed by atoms with Crippen LogP contribution in [0.2, 0.25) is 0 Å². The normalized spacial score (nSPS) is 10.6. The van der Waals surface area contributed by atoms with Crippen molar-refractivity contribution < 1.29 is 0 Å². The number of nitrogens with one attached hydrogen (secondary N) is 1. The van der Waals surface area contributed by atoms with Gasteiger partial charge in [-0.3, -0.25) is 0 Å². The van der Waals surface area contributed by atoms with E-state index in [-0.39, 0.29) is 0 Å². The Morgan fingerprint density at radius 1 is 0.833 bits per heavy atom. The predicted molar refractivity (Wildman–Crippen MR) is 77.6 cm³/mol. The summed E-state index contributed by atoms with van der Waals surface area (Å²) in [6, 6.07) is 15.2. The Morgan fingerprint density at radius 3 is 2.17 bits per heavy atom. The van der Waals surface area contributed by atoms with Gasteiger partial charge in [-0.15, -0.1) is 0 Å². The summed E-state index contributed by atoms with van der Waals surface area (Å²) < 4.78 is 0. The number of hydrogen-bond acceptors (Lipinski definition) is 1. The Morgan fingerprint density at radius 2 is 1.50 bits per heavy atom. The average Bonchev–Trinajstić information content (AvgIpc) is 2.30. The van der Waals surface area contributed by atoms with Crippen LogP contribution >= 0.6 is 0 Å². The molecule has 18 heavy (non-hydrogen) atoms. The molecule has 2 aromatic carbocycles. The maximum atomic E-state index is 3.51. The van der Waals surface area contributed by atoms with E-state index < -0.39 is 0 Å². The van der Waals surface area contributed by atoms with Crippen LogP contribution in [0.25, 0.3) is 0 Å². The van der Waals surface area contributed by atoms with Gasteiger partial charge in [-0.25, -0.2) is 0 Å². The van der Waals surface area contributed by atoms with E-state index in [0.29, 0.717) is 0 Å². The van der Waals surface area contributed by atoms with Crippen molar-refractivity contribution in [3.05, 3.63) is 70.3 Å². The Hall–Kier alpha value is -1.60. The topological polar surface area (TPSA) is 12.0 Å². The number of aryl methyl sites for hydroxylation is 3. The first-order chi connectivity index (χ1) is 8.65. The number of benzene rings is 2. The molecular weight excluding hydrogens is 218 g/mol. The van der Waals surface area contributed by atoms with Gasteiger partial charge in [0.2, 0.25) is 0 Å². The molecule has 0 atom stereocenters. The molecule has 0 amide bonds. The van der Waals surface area contributed by atoms with Gasteiger partial charge in [-0.2, -0.15) is 0 Å². The molecule has 0 saturated heterocycles. The molecule has 0 aliphatic carbocycles. The molecule has 0 unspecified atom stereocenters. The molecule has 0 bridgehead atoms. The Bertz CT molecular complexity index is 509. The summed E-state index contributed by atoms with van der Waals surface area (Å²) in [6.45, 7) is 8.32. The monoisotopic (exact) mass is 239 g/mol. The van der Waals surface area contributed by atoms with Gasteiger partial charge >= 0.3 is 0 Å². The van der Waals surface area contributed by atoms with Gasteiger partial charge in [0.25, 0.3) is 0 Å². The highest BCUT2D eigenvalue weighted by Gasteiger charge is 1.98. The zero-order chi connectivity index (χ0) is 13.0. The lowest BCUT2D eigenvalue weighted by Gasteiger charge is -2.09. The van der Waals surface area contributed by atoms with Gasteiger partial charge in [-0.05, 0) is 37.5 Å². The molecule has 0 saturated carbocycles. The second-order valence-corrected chi connectivity index (χ2v) is 5.03. The smallest absolute Gasteiger partial charge is 0.0211 e. The van der Waals surface area contributed by atoms with Crippen molar-refractivity contribution in [2.24, 2.45) is 0 Å². The van der Waals surface area contributed by atoms with Crippen LogP contribution in [-0.4, -0.2) is 0 Å². The van der Waals surface area contributed by atoms with Crippen LogP contribution in [0.15, 0.2) is 42.5 Å². The summed E-state index contributed by atoms with van der Waals surface area (Å²) in [4.78, 5) is 0. The van der Waals surface area contributed by atoms with Crippen LogP contribution in [0.1, 0.15) is 27.8 Å². The SMILES string of the molecule is Cc1cc(C)cc(CNCc2ccccc2C)c1. The lowest BCUT2D eigenvalue weighted by molar-refractivity contribution is 0.690. The highest BCUT2D eigenvalue weighted by Crippen LogP contribution is 2.10. The van der Waals surface area contributed by atoms with Crippen molar-refractivity contribution in [3.8, 4) is 0 Å².